The van der Waals surface area contributed by atoms with Crippen molar-refractivity contribution in [3.8, 4) is 0 Å². The SMILES string of the molecule is CCC(C)(CC1O[C@@H](n2cnc3c(NC)nc(N)nc32)[C@H](O)C1O)OP(=O)(O)C(O)(CC)CC. The second kappa shape index (κ2) is 9.65. The average Bonchev–Trinajstić information content (AvgIpc) is 3.33. The number of hydrogen-bond donors (Lipinski definition) is 6. The van der Waals surface area contributed by atoms with E-state index in [1.807, 2.05) is 0 Å². The molecule has 0 radical (unpaired) electrons. The van der Waals surface area contributed by atoms with Gasteiger partial charge in [0.25, 0.3) is 0 Å². The number of ether oxygens (including phenoxy) is 1. The van der Waals surface area contributed by atoms with Crippen LogP contribution >= 0.6 is 7.60 Å². The summed E-state index contributed by atoms with van der Waals surface area (Å²) in [6.45, 7) is 6.58. The first kappa shape index (κ1) is 26.7. The molecule has 2 aromatic rings. The summed E-state index contributed by atoms with van der Waals surface area (Å²) in [6, 6.07) is 0. The number of anilines is 2. The summed E-state index contributed by atoms with van der Waals surface area (Å²) in [4.78, 5) is 23.1. The Labute approximate surface area is 197 Å². The van der Waals surface area contributed by atoms with Crippen molar-refractivity contribution in [3.63, 3.8) is 0 Å². The highest BCUT2D eigenvalue weighted by Crippen LogP contribution is 2.60. The zero-order valence-electron chi connectivity index (χ0n) is 20.0. The number of nitrogen functional groups attached to an aromatic ring is 1. The minimum Gasteiger partial charge on any atom is -0.388 e. The number of aromatic nitrogens is 4. The normalized spacial score (nSPS) is 27.0. The van der Waals surface area contributed by atoms with Crippen molar-refractivity contribution in [2.75, 3.05) is 18.1 Å². The van der Waals surface area contributed by atoms with Crippen LogP contribution in [-0.2, 0) is 13.8 Å². The predicted octanol–water partition coefficient (Wildman–Crippen LogP) is 1.34. The van der Waals surface area contributed by atoms with Gasteiger partial charge in [0.1, 0.15) is 12.2 Å². The van der Waals surface area contributed by atoms with E-state index >= 15 is 0 Å². The van der Waals surface area contributed by atoms with E-state index in [9.17, 15) is 24.8 Å². The van der Waals surface area contributed by atoms with Crippen LogP contribution in [0.15, 0.2) is 6.33 Å². The molecule has 192 valence electrons. The first-order valence-electron chi connectivity index (χ1n) is 11.3. The highest BCUT2D eigenvalue weighted by atomic mass is 31.2. The van der Waals surface area contributed by atoms with Gasteiger partial charge in [-0.05, 0) is 26.2 Å². The van der Waals surface area contributed by atoms with E-state index < -0.39 is 43.1 Å². The molecule has 2 aromatic heterocycles. The Morgan fingerprint density at radius 1 is 1.24 bits per heavy atom. The second-order valence-corrected chi connectivity index (χ2v) is 10.9. The molecule has 0 bridgehead atoms. The number of nitrogens with two attached hydrogens (primary N) is 1. The zero-order valence-corrected chi connectivity index (χ0v) is 20.9. The summed E-state index contributed by atoms with van der Waals surface area (Å²) >= 11 is 0. The highest BCUT2D eigenvalue weighted by Gasteiger charge is 2.51. The molecule has 0 aliphatic carbocycles. The smallest absolute Gasteiger partial charge is 0.359 e. The lowest BCUT2D eigenvalue weighted by atomic mass is 9.93. The van der Waals surface area contributed by atoms with Crippen LogP contribution in [0.3, 0.4) is 0 Å². The Kier molecular flexibility index (Phi) is 7.59. The largest absolute Gasteiger partial charge is 0.388 e. The van der Waals surface area contributed by atoms with Gasteiger partial charge >= 0.3 is 7.60 Å². The molecular weight excluding hydrogens is 467 g/mol. The number of imidazole rings is 1. The van der Waals surface area contributed by atoms with Gasteiger partial charge in [-0.2, -0.15) is 9.97 Å². The number of nitrogens with zero attached hydrogens (tertiary/aromatic N) is 4. The first-order chi connectivity index (χ1) is 15.8. The van der Waals surface area contributed by atoms with Crippen molar-refractivity contribution in [2.24, 2.45) is 0 Å². The molecular formula is C20H35N6O7P. The van der Waals surface area contributed by atoms with Crippen molar-refractivity contribution >= 4 is 30.5 Å². The minimum atomic E-state index is -4.45. The van der Waals surface area contributed by atoms with E-state index in [1.54, 1.807) is 34.7 Å². The lowest BCUT2D eigenvalue weighted by Gasteiger charge is -2.38. The maximum absolute atomic E-state index is 13.0. The summed E-state index contributed by atoms with van der Waals surface area (Å²) in [5.74, 6) is 0.393. The Morgan fingerprint density at radius 3 is 2.44 bits per heavy atom. The molecule has 13 nitrogen and oxygen atoms in total. The number of aliphatic hydroxyl groups excluding tert-OH is 2. The molecule has 14 heteroatoms. The molecule has 4 unspecified atom stereocenters. The summed E-state index contributed by atoms with van der Waals surface area (Å²) < 4.78 is 26.0. The summed E-state index contributed by atoms with van der Waals surface area (Å²) in [5, 5.41) is 33.1. The molecule has 1 aliphatic heterocycles. The van der Waals surface area contributed by atoms with E-state index in [-0.39, 0.29) is 31.6 Å². The van der Waals surface area contributed by atoms with E-state index in [1.165, 1.54) is 10.9 Å². The van der Waals surface area contributed by atoms with Crippen LogP contribution in [0.4, 0.5) is 11.8 Å². The van der Waals surface area contributed by atoms with Crippen LogP contribution < -0.4 is 11.1 Å². The van der Waals surface area contributed by atoms with E-state index in [4.69, 9.17) is 15.0 Å². The maximum atomic E-state index is 13.0. The van der Waals surface area contributed by atoms with Crippen molar-refractivity contribution in [1.29, 1.82) is 0 Å². The summed E-state index contributed by atoms with van der Waals surface area (Å²) in [7, 11) is -2.79. The number of hydrogen-bond acceptors (Lipinski definition) is 11. The molecule has 0 aromatic carbocycles. The van der Waals surface area contributed by atoms with E-state index in [0.717, 1.165) is 0 Å². The highest BCUT2D eigenvalue weighted by molar-refractivity contribution is 7.54. The second-order valence-electron chi connectivity index (χ2n) is 8.86. The molecule has 0 amide bonds. The predicted molar refractivity (Wildman–Crippen MR) is 125 cm³/mol. The van der Waals surface area contributed by atoms with Crippen LogP contribution in [-0.4, -0.2) is 76.0 Å². The van der Waals surface area contributed by atoms with Crippen molar-refractivity contribution in [3.05, 3.63) is 6.33 Å². The van der Waals surface area contributed by atoms with Gasteiger partial charge in [-0.1, -0.05) is 20.8 Å². The molecule has 0 spiro atoms. The van der Waals surface area contributed by atoms with E-state index in [0.29, 0.717) is 17.0 Å². The monoisotopic (exact) mass is 502 g/mol. The molecule has 7 N–H and O–H groups in total. The van der Waals surface area contributed by atoms with Crippen molar-refractivity contribution in [2.45, 2.75) is 88.9 Å². The van der Waals surface area contributed by atoms with Gasteiger partial charge in [0.05, 0.1) is 18.0 Å². The van der Waals surface area contributed by atoms with Crippen LogP contribution in [0, 0.1) is 0 Å². The summed E-state index contributed by atoms with van der Waals surface area (Å²) in [5.41, 5.74) is 5.27. The molecule has 6 atom stereocenters. The van der Waals surface area contributed by atoms with Gasteiger partial charge in [-0.15, -0.1) is 0 Å². The quantitative estimate of drug-likeness (QED) is 0.255. The lowest BCUT2D eigenvalue weighted by Crippen LogP contribution is -2.40. The van der Waals surface area contributed by atoms with Gasteiger partial charge in [0, 0.05) is 13.5 Å². The Balaban J connectivity index is 1.87. The molecule has 0 saturated carbocycles. The van der Waals surface area contributed by atoms with Crippen LogP contribution in [0.25, 0.3) is 11.2 Å². The van der Waals surface area contributed by atoms with Crippen LogP contribution in [0.5, 0.6) is 0 Å². The fourth-order valence-electron chi connectivity index (χ4n) is 4.13. The summed E-state index contributed by atoms with van der Waals surface area (Å²) in [6.07, 6.45) is -2.91. The Bertz CT molecular complexity index is 1060. The molecule has 1 fully saturated rings. The standard InChI is InChI=1S/C20H35N6O7P/c1-6-19(4,33-34(30,31)20(29,7-2)8-3)9-11-13(27)14(28)17(32-11)26-10-23-12-15(22-5)24-18(21)25-16(12)26/h10-11,13-14,17,27-29H,6-9H2,1-5H3,(H,30,31)(H3,21,22,24,25)/t11?,13?,14-,17-,19?/m1/s1. The topological polar surface area (TPSA) is 198 Å². The number of rotatable bonds is 10. The third kappa shape index (κ3) is 4.66. The average molecular weight is 503 g/mol. The Hall–Kier alpha value is -1.86. The van der Waals surface area contributed by atoms with Gasteiger partial charge in [0.15, 0.2) is 28.6 Å². The maximum Gasteiger partial charge on any atom is 0.359 e. The fraction of sp³-hybridized carbons (Fsp3) is 0.750. The molecule has 1 aliphatic rings. The third-order valence-corrected chi connectivity index (χ3v) is 9.04. The van der Waals surface area contributed by atoms with Crippen molar-refractivity contribution in [1.82, 2.24) is 19.5 Å². The molecule has 34 heavy (non-hydrogen) atoms. The minimum absolute atomic E-state index is 0.00632. The van der Waals surface area contributed by atoms with Crippen molar-refractivity contribution < 1.29 is 34.0 Å². The van der Waals surface area contributed by atoms with E-state index in [2.05, 4.69) is 20.3 Å². The van der Waals surface area contributed by atoms with Crippen LogP contribution in [0.1, 0.15) is 59.6 Å². The lowest BCUT2D eigenvalue weighted by molar-refractivity contribution is -0.0696. The third-order valence-electron chi connectivity index (χ3n) is 6.67. The van der Waals surface area contributed by atoms with Gasteiger partial charge in [-0.25, -0.2) is 4.98 Å². The van der Waals surface area contributed by atoms with Gasteiger partial charge in [0.2, 0.25) is 5.95 Å². The Morgan fingerprint density at radius 2 is 1.88 bits per heavy atom. The molecule has 3 heterocycles. The molecule has 3 rings (SSSR count). The zero-order chi connectivity index (χ0) is 25.5. The first-order valence-corrected chi connectivity index (χ1v) is 12.9. The molecule has 1 saturated heterocycles. The van der Waals surface area contributed by atoms with Crippen LogP contribution in [0.2, 0.25) is 0 Å². The van der Waals surface area contributed by atoms with Gasteiger partial charge in [-0.3, -0.25) is 9.13 Å². The number of nitrogens with one attached hydrogen (secondary N) is 1. The fourth-order valence-corrected chi connectivity index (χ4v) is 5.90. The van der Waals surface area contributed by atoms with Gasteiger partial charge < -0.3 is 40.5 Å². The number of fused-ring (bicyclic) bond motifs is 1. The number of aliphatic hydroxyl groups is 3.